The fraction of sp³-hybridized carbons (Fsp3) is 0.333. The van der Waals surface area contributed by atoms with Crippen LogP contribution in [-0.2, 0) is 4.79 Å². The number of amides is 1. The largest absolute Gasteiger partial charge is 0.324 e. The molecule has 1 aromatic carbocycles. The Labute approximate surface area is 98.6 Å². The Morgan fingerprint density at radius 1 is 1.50 bits per heavy atom. The Morgan fingerprint density at radius 2 is 2.31 bits per heavy atom. The lowest BCUT2D eigenvalue weighted by Gasteiger charge is -2.16. The van der Waals surface area contributed by atoms with Gasteiger partial charge in [-0.1, -0.05) is 6.92 Å². The third-order valence-electron chi connectivity index (χ3n) is 2.41. The van der Waals surface area contributed by atoms with E-state index in [0.29, 0.717) is 12.2 Å². The van der Waals surface area contributed by atoms with Gasteiger partial charge in [0.2, 0.25) is 5.91 Å². The van der Waals surface area contributed by atoms with Crippen LogP contribution in [0.15, 0.2) is 23.1 Å². The number of benzene rings is 1. The number of carbonyl (C=O) groups excluding carboxylic acids is 2. The summed E-state index contributed by atoms with van der Waals surface area (Å²) in [6, 6.07) is 5.46. The molecule has 1 aromatic rings. The number of hydrogen-bond donors (Lipinski definition) is 1. The van der Waals surface area contributed by atoms with Crippen LogP contribution in [0.2, 0.25) is 0 Å². The van der Waals surface area contributed by atoms with Gasteiger partial charge >= 0.3 is 0 Å². The molecule has 1 heterocycles. The first-order valence-electron chi connectivity index (χ1n) is 5.30. The van der Waals surface area contributed by atoms with Gasteiger partial charge in [-0.15, -0.1) is 11.8 Å². The minimum Gasteiger partial charge on any atom is -0.324 e. The highest BCUT2D eigenvalue weighted by molar-refractivity contribution is 8.00. The molecule has 84 valence electrons. The van der Waals surface area contributed by atoms with E-state index in [-0.39, 0.29) is 11.7 Å². The van der Waals surface area contributed by atoms with Crippen molar-refractivity contribution < 1.29 is 9.59 Å². The van der Waals surface area contributed by atoms with Crippen molar-refractivity contribution in [1.29, 1.82) is 0 Å². The van der Waals surface area contributed by atoms with E-state index in [4.69, 9.17) is 0 Å². The zero-order valence-electron chi connectivity index (χ0n) is 9.08. The minimum absolute atomic E-state index is 0.0186. The number of nitrogens with one attached hydrogen (secondary N) is 1. The van der Waals surface area contributed by atoms with Crippen molar-refractivity contribution in [3.05, 3.63) is 23.8 Å². The molecule has 0 aromatic heterocycles. The summed E-state index contributed by atoms with van der Waals surface area (Å²) in [6.07, 6.45) is 1.44. The quantitative estimate of drug-likeness (QED) is 0.819. The van der Waals surface area contributed by atoms with Crippen LogP contribution in [0.4, 0.5) is 5.69 Å². The van der Waals surface area contributed by atoms with Crippen LogP contribution >= 0.6 is 11.8 Å². The highest BCUT2D eigenvalue weighted by Gasteiger charge is 2.16. The van der Waals surface area contributed by atoms with Crippen LogP contribution in [-0.4, -0.2) is 17.4 Å². The lowest BCUT2D eigenvalue weighted by atomic mass is 10.1. The first kappa shape index (κ1) is 11.2. The van der Waals surface area contributed by atoms with Crippen LogP contribution in [0.1, 0.15) is 30.1 Å². The van der Waals surface area contributed by atoms with Crippen molar-refractivity contribution in [3.8, 4) is 0 Å². The Morgan fingerprint density at radius 3 is 3.06 bits per heavy atom. The number of hydrogen-bond acceptors (Lipinski definition) is 3. The zero-order valence-corrected chi connectivity index (χ0v) is 9.89. The molecule has 4 heteroatoms. The summed E-state index contributed by atoms with van der Waals surface area (Å²) in [5, 5.41) is 2.79. The standard InChI is InChI=1S/C12H13NO2S/c1-2-3-10(14)8-4-5-9-11(6-8)16-7-12(15)13-9/h4-6H,2-3,7H2,1H3,(H,13,15). The number of thioether (sulfide) groups is 1. The van der Waals surface area contributed by atoms with Crippen LogP contribution in [0.5, 0.6) is 0 Å². The van der Waals surface area contributed by atoms with Gasteiger partial charge in [-0.2, -0.15) is 0 Å². The highest BCUT2D eigenvalue weighted by atomic mass is 32.2. The number of ketones is 1. The summed E-state index contributed by atoms with van der Waals surface area (Å²) in [4.78, 5) is 23.8. The molecular weight excluding hydrogens is 222 g/mol. The summed E-state index contributed by atoms with van der Waals surface area (Å²) in [7, 11) is 0. The molecule has 0 radical (unpaired) electrons. The summed E-state index contributed by atoms with van der Waals surface area (Å²) in [5.74, 6) is 0.617. The van der Waals surface area contributed by atoms with Gasteiger partial charge in [0.15, 0.2) is 5.78 Å². The molecule has 1 N–H and O–H groups in total. The maximum atomic E-state index is 11.7. The van der Waals surface area contributed by atoms with Gasteiger partial charge < -0.3 is 5.32 Å². The van der Waals surface area contributed by atoms with E-state index in [2.05, 4.69) is 5.32 Å². The van der Waals surface area contributed by atoms with Gasteiger partial charge in [-0.3, -0.25) is 9.59 Å². The van der Waals surface area contributed by atoms with E-state index >= 15 is 0 Å². The minimum atomic E-state index is 0.0186. The van der Waals surface area contributed by atoms with Gasteiger partial charge in [0.05, 0.1) is 11.4 Å². The molecule has 0 saturated heterocycles. The molecule has 1 amide bonds. The number of rotatable bonds is 3. The number of fused-ring (bicyclic) bond motifs is 1. The first-order valence-corrected chi connectivity index (χ1v) is 6.29. The van der Waals surface area contributed by atoms with E-state index in [1.807, 2.05) is 19.1 Å². The molecule has 0 fully saturated rings. The summed E-state index contributed by atoms with van der Waals surface area (Å²) >= 11 is 1.48. The van der Waals surface area contributed by atoms with Crippen molar-refractivity contribution in [1.82, 2.24) is 0 Å². The van der Waals surface area contributed by atoms with Crippen molar-refractivity contribution in [2.45, 2.75) is 24.7 Å². The molecule has 0 spiro atoms. The molecule has 1 aliphatic rings. The van der Waals surface area contributed by atoms with Gasteiger partial charge in [-0.05, 0) is 24.6 Å². The molecule has 3 nitrogen and oxygen atoms in total. The Hall–Kier alpha value is -1.29. The lowest BCUT2D eigenvalue weighted by molar-refractivity contribution is -0.113. The van der Waals surface area contributed by atoms with Gasteiger partial charge in [-0.25, -0.2) is 0 Å². The zero-order chi connectivity index (χ0) is 11.5. The second-order valence-corrected chi connectivity index (χ2v) is 4.74. The van der Waals surface area contributed by atoms with E-state index in [9.17, 15) is 9.59 Å². The van der Waals surface area contributed by atoms with E-state index in [1.54, 1.807) is 6.07 Å². The fourth-order valence-corrected chi connectivity index (χ4v) is 2.46. The van der Waals surface area contributed by atoms with Crippen LogP contribution < -0.4 is 5.32 Å². The molecule has 16 heavy (non-hydrogen) atoms. The fourth-order valence-electron chi connectivity index (χ4n) is 1.62. The second-order valence-electron chi connectivity index (χ2n) is 3.72. The van der Waals surface area contributed by atoms with E-state index < -0.39 is 0 Å². The average molecular weight is 235 g/mol. The average Bonchev–Trinajstić information content (AvgIpc) is 2.28. The van der Waals surface area contributed by atoms with Crippen LogP contribution in [0.3, 0.4) is 0 Å². The third-order valence-corrected chi connectivity index (χ3v) is 3.47. The van der Waals surface area contributed by atoms with Gasteiger partial charge in [0, 0.05) is 16.9 Å². The summed E-state index contributed by atoms with van der Waals surface area (Å²) in [5.41, 5.74) is 1.55. The molecule has 2 rings (SSSR count). The number of carbonyl (C=O) groups is 2. The molecule has 0 unspecified atom stereocenters. The van der Waals surface area contributed by atoms with E-state index in [1.165, 1.54) is 11.8 Å². The van der Waals surface area contributed by atoms with Crippen LogP contribution in [0, 0.1) is 0 Å². The smallest absolute Gasteiger partial charge is 0.234 e. The van der Waals surface area contributed by atoms with Gasteiger partial charge in [0.25, 0.3) is 0 Å². The first-order chi connectivity index (χ1) is 7.70. The second kappa shape index (κ2) is 4.70. The third kappa shape index (κ3) is 2.27. The van der Waals surface area contributed by atoms with Crippen molar-refractivity contribution in [2.75, 3.05) is 11.1 Å². The van der Waals surface area contributed by atoms with Crippen LogP contribution in [0.25, 0.3) is 0 Å². The Bertz CT molecular complexity index is 443. The maximum absolute atomic E-state index is 11.7. The molecule has 0 aliphatic carbocycles. The molecule has 0 bridgehead atoms. The molecule has 1 aliphatic heterocycles. The lowest BCUT2D eigenvalue weighted by Crippen LogP contribution is -2.18. The predicted octanol–water partition coefficient (Wildman–Crippen LogP) is 2.71. The highest BCUT2D eigenvalue weighted by Crippen LogP contribution is 2.32. The van der Waals surface area contributed by atoms with E-state index in [0.717, 1.165) is 22.6 Å². The number of Topliss-reactive ketones (excluding diaryl/α,β-unsaturated/α-hetero) is 1. The van der Waals surface area contributed by atoms with Gasteiger partial charge in [0.1, 0.15) is 0 Å². The molecule has 0 atom stereocenters. The Balaban J connectivity index is 2.26. The topological polar surface area (TPSA) is 46.2 Å². The van der Waals surface area contributed by atoms with Crippen molar-refractivity contribution in [3.63, 3.8) is 0 Å². The normalized spacial score (nSPS) is 14.2. The monoisotopic (exact) mass is 235 g/mol. The van der Waals surface area contributed by atoms with Crippen molar-refractivity contribution >= 4 is 29.1 Å². The van der Waals surface area contributed by atoms with Crippen molar-refractivity contribution in [2.24, 2.45) is 0 Å². The maximum Gasteiger partial charge on any atom is 0.234 e. The molecular formula is C12H13NO2S. The summed E-state index contributed by atoms with van der Waals surface area (Å²) in [6.45, 7) is 1.99. The Kier molecular flexibility index (Phi) is 3.29. The number of anilines is 1. The molecule has 0 saturated carbocycles. The predicted molar refractivity (Wildman–Crippen MR) is 65.0 cm³/mol. The SMILES string of the molecule is CCCC(=O)c1ccc2c(c1)SCC(=O)N2. The summed E-state index contributed by atoms with van der Waals surface area (Å²) < 4.78 is 0.